The zero-order valence-electron chi connectivity index (χ0n) is 14.3. The highest BCUT2D eigenvalue weighted by atomic mass is 79.9. The topological polar surface area (TPSA) is 0 Å². The molecular weight excluding hydrogens is 336 g/mol. The van der Waals surface area contributed by atoms with E-state index in [9.17, 15) is 0 Å². The zero-order chi connectivity index (χ0) is 16.0. The second-order valence-electron chi connectivity index (χ2n) is 6.82. The number of benzene rings is 1. The second kappa shape index (κ2) is 8.20. The van der Waals surface area contributed by atoms with Crippen LogP contribution in [-0.2, 0) is 6.42 Å². The molecule has 116 valence electrons. The van der Waals surface area contributed by atoms with Gasteiger partial charge in [0, 0.05) is 0 Å². The molecule has 0 amide bonds. The van der Waals surface area contributed by atoms with Crippen molar-refractivity contribution in [1.29, 1.82) is 0 Å². The molecule has 1 atom stereocenters. The van der Waals surface area contributed by atoms with E-state index in [1.807, 2.05) is 0 Å². The van der Waals surface area contributed by atoms with Gasteiger partial charge >= 0.3 is 0 Å². The highest BCUT2D eigenvalue weighted by molar-refractivity contribution is 9.09. The summed E-state index contributed by atoms with van der Waals surface area (Å²) in [5.74, 6) is 3.54. The van der Waals surface area contributed by atoms with Crippen molar-refractivity contribution in [3.8, 4) is 11.5 Å². The van der Waals surface area contributed by atoms with E-state index in [4.69, 9.17) is 0 Å². The van der Waals surface area contributed by atoms with Crippen molar-refractivity contribution in [3.05, 3.63) is 35.9 Å². The maximum absolute atomic E-state index is 3.79. The van der Waals surface area contributed by atoms with Crippen LogP contribution in [0, 0.1) is 11.5 Å². The smallest absolute Gasteiger partial charge is 0.129 e. The molecule has 0 fully saturated rings. The van der Waals surface area contributed by atoms with Gasteiger partial charge < -0.3 is 0 Å². The lowest BCUT2D eigenvalue weighted by Gasteiger charge is -2.38. The summed E-state index contributed by atoms with van der Waals surface area (Å²) in [6.07, 6.45) is 0.979. The average Bonchev–Trinajstić information content (AvgIpc) is 2.39. The molecule has 0 radical (unpaired) electrons. The van der Waals surface area contributed by atoms with Gasteiger partial charge in [0.2, 0.25) is 0 Å². The first-order valence-electron chi connectivity index (χ1n) is 8.01. The van der Waals surface area contributed by atoms with Crippen molar-refractivity contribution in [2.24, 2.45) is 0 Å². The van der Waals surface area contributed by atoms with Gasteiger partial charge in [0.1, 0.15) is 8.07 Å². The van der Waals surface area contributed by atoms with E-state index in [2.05, 4.69) is 99.3 Å². The largest absolute Gasteiger partial charge is 0.146 e. The molecule has 0 spiro atoms. The number of halogens is 1. The molecule has 0 aliphatic rings. The minimum Gasteiger partial charge on any atom is -0.129 e. The Kier molecular flexibility index (Phi) is 7.23. The maximum Gasteiger partial charge on any atom is 0.146 e. The van der Waals surface area contributed by atoms with Crippen LogP contribution in [0.1, 0.15) is 47.1 Å². The molecule has 0 bridgehead atoms. The predicted octanol–water partition coefficient (Wildman–Crippen LogP) is 6.21. The molecule has 1 unspecified atom stereocenters. The summed E-state index contributed by atoms with van der Waals surface area (Å²) in [7, 11) is -1.60. The van der Waals surface area contributed by atoms with Crippen molar-refractivity contribution in [3.63, 3.8) is 0 Å². The standard InChI is InChI=1S/C19H29BrSi/c1-15(2)21(16(3)4,17(5)6)13-12-19(20)14-18-10-8-7-9-11-18/h7-11,15-17,19H,14H2,1-6H3. The van der Waals surface area contributed by atoms with Crippen molar-refractivity contribution < 1.29 is 0 Å². The Morgan fingerprint density at radius 1 is 0.905 bits per heavy atom. The van der Waals surface area contributed by atoms with Crippen molar-refractivity contribution in [2.45, 2.75) is 69.4 Å². The van der Waals surface area contributed by atoms with Crippen LogP contribution in [-0.4, -0.2) is 12.9 Å². The molecule has 0 nitrogen and oxygen atoms in total. The van der Waals surface area contributed by atoms with Crippen LogP contribution in [0.4, 0.5) is 0 Å². The third-order valence-electron chi connectivity index (χ3n) is 4.57. The summed E-state index contributed by atoms with van der Waals surface area (Å²) >= 11 is 3.76. The minimum absolute atomic E-state index is 0.253. The van der Waals surface area contributed by atoms with Crippen LogP contribution in [0.25, 0.3) is 0 Å². The van der Waals surface area contributed by atoms with E-state index in [-0.39, 0.29) is 4.83 Å². The van der Waals surface area contributed by atoms with Gasteiger partial charge in [0.25, 0.3) is 0 Å². The van der Waals surface area contributed by atoms with Crippen LogP contribution in [0.5, 0.6) is 0 Å². The summed E-state index contributed by atoms with van der Waals surface area (Å²) in [6, 6.07) is 10.6. The molecule has 1 rings (SSSR count). The Morgan fingerprint density at radius 2 is 1.38 bits per heavy atom. The molecular formula is C19H29BrSi. The first-order valence-corrected chi connectivity index (χ1v) is 11.2. The van der Waals surface area contributed by atoms with Crippen LogP contribution >= 0.6 is 15.9 Å². The molecule has 0 saturated carbocycles. The Balaban J connectivity index is 2.94. The quantitative estimate of drug-likeness (QED) is 0.330. The highest BCUT2D eigenvalue weighted by Crippen LogP contribution is 2.40. The van der Waals surface area contributed by atoms with Gasteiger partial charge in [0.05, 0.1) is 4.83 Å². The van der Waals surface area contributed by atoms with E-state index in [0.29, 0.717) is 16.6 Å². The third-order valence-corrected chi connectivity index (χ3v) is 11.4. The maximum atomic E-state index is 3.79. The van der Waals surface area contributed by atoms with Gasteiger partial charge in [-0.3, -0.25) is 0 Å². The lowest BCUT2D eigenvalue weighted by atomic mass is 10.1. The van der Waals surface area contributed by atoms with Crippen LogP contribution in [0.3, 0.4) is 0 Å². The Bertz CT molecular complexity index is 458. The van der Waals surface area contributed by atoms with Crippen LogP contribution in [0.2, 0.25) is 16.6 Å². The average molecular weight is 365 g/mol. The zero-order valence-corrected chi connectivity index (χ0v) is 16.9. The summed E-state index contributed by atoms with van der Waals surface area (Å²) in [5.41, 5.74) is 7.23. The molecule has 21 heavy (non-hydrogen) atoms. The summed E-state index contributed by atoms with van der Waals surface area (Å²) < 4.78 is 0. The van der Waals surface area contributed by atoms with Gasteiger partial charge in [-0.25, -0.2) is 0 Å². The molecule has 0 saturated heterocycles. The monoisotopic (exact) mass is 364 g/mol. The summed E-state index contributed by atoms with van der Waals surface area (Å²) in [4.78, 5) is 0.253. The number of hydrogen-bond acceptors (Lipinski definition) is 0. The minimum atomic E-state index is -1.60. The fraction of sp³-hybridized carbons (Fsp3) is 0.579. The van der Waals surface area contributed by atoms with Crippen LogP contribution in [0.15, 0.2) is 30.3 Å². The third kappa shape index (κ3) is 4.73. The lowest BCUT2D eigenvalue weighted by molar-refractivity contribution is 0.838. The Hall–Kier alpha value is -0.523. The number of hydrogen-bond donors (Lipinski definition) is 0. The number of rotatable bonds is 5. The molecule has 0 aromatic heterocycles. The Morgan fingerprint density at radius 3 is 1.81 bits per heavy atom. The van der Waals surface area contributed by atoms with Gasteiger partial charge in [-0.1, -0.05) is 93.7 Å². The molecule has 2 heteroatoms. The van der Waals surface area contributed by atoms with E-state index in [1.165, 1.54) is 5.56 Å². The van der Waals surface area contributed by atoms with Crippen molar-refractivity contribution in [2.75, 3.05) is 0 Å². The van der Waals surface area contributed by atoms with Gasteiger partial charge in [-0.15, -0.1) is 5.54 Å². The predicted molar refractivity (Wildman–Crippen MR) is 102 cm³/mol. The molecule has 1 aromatic carbocycles. The van der Waals surface area contributed by atoms with E-state index < -0.39 is 8.07 Å². The number of alkyl halides is 1. The highest BCUT2D eigenvalue weighted by Gasteiger charge is 2.41. The molecule has 0 heterocycles. The van der Waals surface area contributed by atoms with E-state index in [1.54, 1.807) is 0 Å². The molecule has 0 aliphatic carbocycles. The normalized spacial score (nSPS) is 13.4. The van der Waals surface area contributed by atoms with Crippen molar-refractivity contribution >= 4 is 24.0 Å². The van der Waals surface area contributed by atoms with Gasteiger partial charge in [-0.05, 0) is 28.6 Å². The molecule has 0 N–H and O–H groups in total. The van der Waals surface area contributed by atoms with Gasteiger partial charge in [-0.2, -0.15) is 0 Å². The van der Waals surface area contributed by atoms with Crippen molar-refractivity contribution in [1.82, 2.24) is 0 Å². The first-order chi connectivity index (χ1) is 9.80. The fourth-order valence-electron chi connectivity index (χ4n) is 3.51. The molecule has 0 aliphatic heterocycles. The summed E-state index contributed by atoms with van der Waals surface area (Å²) in [5, 5.41) is 0. The molecule has 1 aromatic rings. The lowest BCUT2D eigenvalue weighted by Crippen LogP contribution is -2.43. The fourth-order valence-corrected chi connectivity index (χ4v) is 9.50. The van der Waals surface area contributed by atoms with E-state index >= 15 is 0 Å². The second-order valence-corrected chi connectivity index (χ2v) is 13.5. The van der Waals surface area contributed by atoms with Crippen LogP contribution < -0.4 is 0 Å². The first kappa shape index (κ1) is 18.5. The van der Waals surface area contributed by atoms with Gasteiger partial charge in [0.15, 0.2) is 0 Å². The SMILES string of the molecule is CC(C)[Si](C#CC(Br)Cc1ccccc1)(C(C)C)C(C)C. The Labute approximate surface area is 140 Å². The summed E-state index contributed by atoms with van der Waals surface area (Å²) in [6.45, 7) is 14.2. The van der Waals surface area contributed by atoms with E-state index in [0.717, 1.165) is 6.42 Å².